The minimum absolute atomic E-state index is 0.343. The van der Waals surface area contributed by atoms with Crippen LogP contribution in [0.4, 0.5) is 15.9 Å². The van der Waals surface area contributed by atoms with Crippen LogP contribution in [0.3, 0.4) is 0 Å². The van der Waals surface area contributed by atoms with E-state index in [0.717, 1.165) is 41.8 Å². The number of hydrogen-bond donors (Lipinski definition) is 1. The van der Waals surface area contributed by atoms with E-state index in [1.807, 2.05) is 67.1 Å². The van der Waals surface area contributed by atoms with E-state index in [0.29, 0.717) is 32.6 Å². The van der Waals surface area contributed by atoms with Gasteiger partial charge in [0.05, 0.1) is 21.1 Å². The maximum atomic E-state index is 15.5. The van der Waals surface area contributed by atoms with E-state index < -0.39 is 0 Å². The normalized spacial score (nSPS) is 11.5. The Morgan fingerprint density at radius 2 is 1.95 bits per heavy atom. The van der Waals surface area contributed by atoms with Gasteiger partial charge in [0.15, 0.2) is 11.5 Å². The van der Waals surface area contributed by atoms with Crippen LogP contribution in [0.15, 0.2) is 55.2 Å². The minimum Gasteiger partial charge on any atom is -0.492 e. The third kappa shape index (κ3) is 5.64. The fourth-order valence-electron chi connectivity index (χ4n) is 4.19. The highest BCUT2D eigenvalue weighted by molar-refractivity contribution is 14.1. The third-order valence-electron chi connectivity index (χ3n) is 6.13. The standard InChI is InChI=1S/C27H27FIN7O/c1-17-11-20(6-5-19(17)12-18-7-9-36-23(13-18)31-16-33-36)34-27-24-21(30-15-32-27)14-22(26(29)25(24)28)37-10-4-8-35(2)3/h5-7,9,11,13-16H,4,8,10,12H2,1-3H3,(H,30,32,34). The molecule has 3 aromatic heterocycles. The van der Waals surface area contributed by atoms with Crippen molar-refractivity contribution in [2.75, 3.05) is 32.6 Å². The number of ether oxygens (including phenoxy) is 1. The lowest BCUT2D eigenvalue weighted by atomic mass is 10.0. The first kappa shape index (κ1) is 25.3. The molecule has 0 atom stereocenters. The molecule has 3 heterocycles. The number of anilines is 2. The number of halogens is 2. The monoisotopic (exact) mass is 611 g/mol. The first-order chi connectivity index (χ1) is 17.9. The molecule has 0 aliphatic rings. The molecule has 0 bridgehead atoms. The van der Waals surface area contributed by atoms with Gasteiger partial charge in [-0.05, 0) is 97.4 Å². The molecule has 0 saturated heterocycles. The molecule has 1 N–H and O–H groups in total. The third-order valence-corrected chi connectivity index (χ3v) is 7.13. The van der Waals surface area contributed by atoms with Gasteiger partial charge in [-0.3, -0.25) is 0 Å². The SMILES string of the molecule is Cc1cc(Nc2ncnc3cc(OCCCN(C)C)c(I)c(F)c23)ccc1Cc1ccn2ncnc2c1. The molecule has 0 aliphatic carbocycles. The fraction of sp³-hybridized carbons (Fsp3) is 0.259. The van der Waals surface area contributed by atoms with E-state index in [1.54, 1.807) is 16.9 Å². The maximum Gasteiger partial charge on any atom is 0.155 e. The van der Waals surface area contributed by atoms with Crippen LogP contribution in [0.1, 0.15) is 23.1 Å². The quantitative estimate of drug-likeness (QED) is 0.177. The molecule has 5 rings (SSSR count). The number of nitrogens with zero attached hydrogens (tertiary/aromatic N) is 6. The Hall–Kier alpha value is -3.38. The van der Waals surface area contributed by atoms with Gasteiger partial charge in [-0.25, -0.2) is 23.9 Å². The average Bonchev–Trinajstić information content (AvgIpc) is 3.34. The van der Waals surface area contributed by atoms with E-state index in [-0.39, 0.29) is 5.82 Å². The predicted octanol–water partition coefficient (Wildman–Crippen LogP) is 5.39. The summed E-state index contributed by atoms with van der Waals surface area (Å²) in [5.41, 5.74) is 5.61. The van der Waals surface area contributed by atoms with Crippen LogP contribution in [0.25, 0.3) is 16.6 Å². The highest BCUT2D eigenvalue weighted by atomic mass is 127. The second kappa shape index (κ2) is 10.9. The van der Waals surface area contributed by atoms with Crippen LogP contribution in [-0.2, 0) is 6.42 Å². The zero-order valence-corrected chi connectivity index (χ0v) is 23.0. The smallest absolute Gasteiger partial charge is 0.155 e. The van der Waals surface area contributed by atoms with Gasteiger partial charge in [-0.15, -0.1) is 0 Å². The maximum absolute atomic E-state index is 15.5. The van der Waals surface area contributed by atoms with Crippen molar-refractivity contribution in [1.29, 1.82) is 0 Å². The van der Waals surface area contributed by atoms with Crippen LogP contribution in [0.2, 0.25) is 0 Å². The van der Waals surface area contributed by atoms with Crippen molar-refractivity contribution in [1.82, 2.24) is 29.5 Å². The largest absolute Gasteiger partial charge is 0.492 e. The summed E-state index contributed by atoms with van der Waals surface area (Å²) in [4.78, 5) is 15.0. The molecule has 0 radical (unpaired) electrons. The molecular formula is C27H27FIN7O. The Morgan fingerprint density at radius 1 is 1.08 bits per heavy atom. The average molecular weight is 611 g/mol. The van der Waals surface area contributed by atoms with Crippen LogP contribution >= 0.6 is 22.6 Å². The van der Waals surface area contributed by atoms with Crippen molar-refractivity contribution in [3.63, 3.8) is 0 Å². The number of aryl methyl sites for hydroxylation is 1. The predicted molar refractivity (Wildman–Crippen MR) is 151 cm³/mol. The lowest BCUT2D eigenvalue weighted by Gasteiger charge is -2.15. The van der Waals surface area contributed by atoms with E-state index in [2.05, 4.69) is 43.3 Å². The Bertz CT molecular complexity index is 1570. The summed E-state index contributed by atoms with van der Waals surface area (Å²) in [5, 5.41) is 7.78. The van der Waals surface area contributed by atoms with Gasteiger partial charge in [0, 0.05) is 24.5 Å². The Morgan fingerprint density at radius 3 is 2.76 bits per heavy atom. The Labute approximate surface area is 228 Å². The van der Waals surface area contributed by atoms with Crippen molar-refractivity contribution in [3.05, 3.63) is 81.3 Å². The van der Waals surface area contributed by atoms with Crippen molar-refractivity contribution in [3.8, 4) is 5.75 Å². The molecule has 8 nitrogen and oxygen atoms in total. The molecule has 0 amide bonds. The molecule has 0 aliphatic heterocycles. The summed E-state index contributed by atoms with van der Waals surface area (Å²) >= 11 is 1.99. The molecule has 190 valence electrons. The van der Waals surface area contributed by atoms with E-state index >= 15 is 4.39 Å². The molecule has 0 fully saturated rings. The van der Waals surface area contributed by atoms with Gasteiger partial charge in [-0.1, -0.05) is 6.07 Å². The number of fused-ring (bicyclic) bond motifs is 2. The van der Waals surface area contributed by atoms with E-state index in [1.165, 1.54) is 11.9 Å². The van der Waals surface area contributed by atoms with Crippen LogP contribution in [-0.4, -0.2) is 56.7 Å². The van der Waals surface area contributed by atoms with Crippen molar-refractivity contribution >= 4 is 50.6 Å². The topological polar surface area (TPSA) is 80.5 Å². The molecule has 0 saturated carbocycles. The lowest BCUT2D eigenvalue weighted by molar-refractivity contribution is 0.279. The molecular weight excluding hydrogens is 584 g/mol. The van der Waals surface area contributed by atoms with Gasteiger partial charge in [0.2, 0.25) is 0 Å². The Balaban J connectivity index is 1.36. The highest BCUT2D eigenvalue weighted by Crippen LogP contribution is 2.34. The summed E-state index contributed by atoms with van der Waals surface area (Å²) < 4.78 is 23.5. The number of pyridine rings is 1. The summed E-state index contributed by atoms with van der Waals surface area (Å²) in [5.74, 6) is 0.531. The van der Waals surface area contributed by atoms with Crippen LogP contribution < -0.4 is 10.1 Å². The number of nitrogens with one attached hydrogen (secondary N) is 1. The molecule has 2 aromatic carbocycles. The van der Waals surface area contributed by atoms with Gasteiger partial charge >= 0.3 is 0 Å². The lowest BCUT2D eigenvalue weighted by Crippen LogP contribution is -2.15. The molecule has 37 heavy (non-hydrogen) atoms. The highest BCUT2D eigenvalue weighted by Gasteiger charge is 2.18. The van der Waals surface area contributed by atoms with E-state index in [4.69, 9.17) is 4.74 Å². The summed E-state index contributed by atoms with van der Waals surface area (Å²) in [6.45, 7) is 3.48. The number of aromatic nitrogens is 5. The number of benzene rings is 2. The molecule has 5 aromatic rings. The fourth-order valence-corrected chi connectivity index (χ4v) is 4.77. The van der Waals surface area contributed by atoms with Gasteiger partial charge in [-0.2, -0.15) is 5.10 Å². The minimum atomic E-state index is -0.388. The zero-order valence-electron chi connectivity index (χ0n) is 20.9. The van der Waals surface area contributed by atoms with Crippen molar-refractivity contribution < 1.29 is 9.13 Å². The van der Waals surface area contributed by atoms with Gasteiger partial charge in [0.1, 0.15) is 24.2 Å². The van der Waals surface area contributed by atoms with Gasteiger partial charge in [0.25, 0.3) is 0 Å². The first-order valence-electron chi connectivity index (χ1n) is 11.9. The number of rotatable bonds is 9. The summed E-state index contributed by atoms with van der Waals surface area (Å²) in [6, 6.07) is 12.0. The second-order valence-corrected chi connectivity index (χ2v) is 10.2. The number of hydrogen-bond acceptors (Lipinski definition) is 7. The molecule has 0 unspecified atom stereocenters. The zero-order chi connectivity index (χ0) is 25.9. The summed E-state index contributed by atoms with van der Waals surface area (Å²) in [7, 11) is 4.03. The first-order valence-corrected chi connectivity index (χ1v) is 13.0. The van der Waals surface area contributed by atoms with Gasteiger partial charge < -0.3 is 15.0 Å². The Kier molecular flexibility index (Phi) is 7.47. The van der Waals surface area contributed by atoms with Crippen LogP contribution in [0.5, 0.6) is 5.75 Å². The molecule has 0 spiro atoms. The van der Waals surface area contributed by atoms with Crippen molar-refractivity contribution in [2.45, 2.75) is 19.8 Å². The summed E-state index contributed by atoms with van der Waals surface area (Å²) in [6.07, 6.45) is 6.53. The van der Waals surface area contributed by atoms with Crippen LogP contribution in [0, 0.1) is 16.3 Å². The van der Waals surface area contributed by atoms with E-state index in [9.17, 15) is 0 Å². The van der Waals surface area contributed by atoms with Crippen molar-refractivity contribution in [2.24, 2.45) is 0 Å². The molecule has 10 heteroatoms. The second-order valence-electron chi connectivity index (χ2n) is 9.17.